The molecule has 0 aromatic heterocycles. The van der Waals surface area contributed by atoms with E-state index in [0.29, 0.717) is 11.6 Å². The van der Waals surface area contributed by atoms with Gasteiger partial charge in [0.25, 0.3) is 0 Å². The van der Waals surface area contributed by atoms with E-state index in [9.17, 15) is 4.79 Å². The monoisotopic (exact) mass is 330 g/mol. The van der Waals surface area contributed by atoms with E-state index in [1.807, 2.05) is 42.5 Å². The zero-order valence-electron chi connectivity index (χ0n) is 13.8. The first-order valence-corrected chi connectivity index (χ1v) is 8.08. The highest BCUT2D eigenvalue weighted by Gasteiger charge is 2.18. The number of hydrogen-bond acceptors (Lipinski definition) is 2. The van der Waals surface area contributed by atoms with Crippen molar-refractivity contribution >= 4 is 23.2 Å². The third-order valence-electron chi connectivity index (χ3n) is 3.54. The minimum Gasteiger partial charge on any atom is -0.325 e. The Balaban J connectivity index is 1.89. The molecule has 2 aromatic rings. The normalized spacial score (nSPS) is 11.3. The third kappa shape index (κ3) is 5.38. The maximum atomic E-state index is 12.1. The average molecular weight is 331 g/mol. The highest BCUT2D eigenvalue weighted by atomic mass is 35.5. The van der Waals surface area contributed by atoms with E-state index < -0.39 is 0 Å². The highest BCUT2D eigenvalue weighted by Crippen LogP contribution is 2.29. The summed E-state index contributed by atoms with van der Waals surface area (Å²) in [5.74, 6) is -0.0457. The lowest BCUT2D eigenvalue weighted by atomic mass is 9.86. The van der Waals surface area contributed by atoms with Gasteiger partial charge in [-0.25, -0.2) is 0 Å². The molecular formula is C19H23ClN2O. The van der Waals surface area contributed by atoms with Crippen molar-refractivity contribution in [3.63, 3.8) is 0 Å². The maximum Gasteiger partial charge on any atom is 0.238 e. The molecule has 0 saturated heterocycles. The van der Waals surface area contributed by atoms with Crippen LogP contribution in [0.4, 0.5) is 5.69 Å². The van der Waals surface area contributed by atoms with Crippen LogP contribution in [0.3, 0.4) is 0 Å². The minimum atomic E-state index is -0.0457. The lowest BCUT2D eigenvalue weighted by Gasteiger charge is -2.23. The molecule has 23 heavy (non-hydrogen) atoms. The van der Waals surface area contributed by atoms with Crippen LogP contribution in [0, 0.1) is 0 Å². The van der Waals surface area contributed by atoms with Crippen LogP contribution in [0.25, 0.3) is 0 Å². The second-order valence-electron chi connectivity index (χ2n) is 6.57. The van der Waals surface area contributed by atoms with Gasteiger partial charge in [-0.3, -0.25) is 4.79 Å². The average Bonchev–Trinajstić information content (AvgIpc) is 2.49. The van der Waals surface area contributed by atoms with Gasteiger partial charge in [-0.05, 0) is 34.7 Å². The first kappa shape index (κ1) is 17.5. The predicted molar refractivity (Wildman–Crippen MR) is 96.9 cm³/mol. The van der Waals surface area contributed by atoms with Crippen LogP contribution >= 0.6 is 11.6 Å². The van der Waals surface area contributed by atoms with Crippen molar-refractivity contribution in [2.45, 2.75) is 32.7 Å². The maximum absolute atomic E-state index is 12.1. The molecule has 4 heteroatoms. The van der Waals surface area contributed by atoms with Gasteiger partial charge in [-0.15, -0.1) is 0 Å². The van der Waals surface area contributed by atoms with E-state index >= 15 is 0 Å². The fourth-order valence-corrected chi connectivity index (χ4v) is 2.49. The number of carbonyl (C=O) groups excluding carboxylic acids is 1. The number of amides is 1. The van der Waals surface area contributed by atoms with Gasteiger partial charge >= 0.3 is 0 Å². The van der Waals surface area contributed by atoms with E-state index in [0.717, 1.165) is 16.8 Å². The van der Waals surface area contributed by atoms with Crippen molar-refractivity contribution in [3.8, 4) is 0 Å². The molecule has 0 fully saturated rings. The quantitative estimate of drug-likeness (QED) is 0.855. The number of para-hydroxylation sites is 1. The summed E-state index contributed by atoms with van der Waals surface area (Å²) in [5, 5.41) is 6.85. The molecule has 2 N–H and O–H groups in total. The van der Waals surface area contributed by atoms with Crippen LogP contribution in [0.15, 0.2) is 48.5 Å². The molecule has 0 spiro atoms. The van der Waals surface area contributed by atoms with Crippen molar-refractivity contribution in [3.05, 3.63) is 64.7 Å². The van der Waals surface area contributed by atoms with Crippen LogP contribution in [0.1, 0.15) is 31.9 Å². The Morgan fingerprint density at radius 3 is 2.35 bits per heavy atom. The van der Waals surface area contributed by atoms with E-state index in [1.165, 1.54) is 0 Å². The SMILES string of the molecule is CC(C)(C)c1ccccc1NC(=O)CNCc1ccc(Cl)cc1. The second kappa shape index (κ2) is 7.62. The molecule has 0 aliphatic heterocycles. The summed E-state index contributed by atoms with van der Waals surface area (Å²) in [5.41, 5.74) is 3.09. The standard InChI is InChI=1S/C19H23ClN2O/c1-19(2,3)16-6-4-5-7-17(16)22-18(23)13-21-12-14-8-10-15(20)11-9-14/h4-11,21H,12-13H2,1-3H3,(H,22,23). The van der Waals surface area contributed by atoms with Crippen molar-refractivity contribution in [2.24, 2.45) is 0 Å². The summed E-state index contributed by atoms with van der Waals surface area (Å²) in [6.45, 7) is 7.30. The van der Waals surface area contributed by atoms with Crippen LogP contribution in [0.2, 0.25) is 5.02 Å². The second-order valence-corrected chi connectivity index (χ2v) is 7.01. The molecular weight excluding hydrogens is 308 g/mol. The number of hydrogen-bond donors (Lipinski definition) is 2. The van der Waals surface area contributed by atoms with Gasteiger partial charge in [0.1, 0.15) is 0 Å². The van der Waals surface area contributed by atoms with Gasteiger partial charge in [0, 0.05) is 17.3 Å². The Morgan fingerprint density at radius 2 is 1.70 bits per heavy atom. The lowest BCUT2D eigenvalue weighted by molar-refractivity contribution is -0.115. The Morgan fingerprint density at radius 1 is 1.04 bits per heavy atom. The van der Waals surface area contributed by atoms with Gasteiger partial charge in [-0.2, -0.15) is 0 Å². The summed E-state index contributed by atoms with van der Waals surface area (Å²) >= 11 is 5.85. The molecule has 0 aliphatic rings. The van der Waals surface area contributed by atoms with Crippen LogP contribution < -0.4 is 10.6 Å². The Bertz CT molecular complexity index is 660. The number of anilines is 1. The summed E-state index contributed by atoms with van der Waals surface area (Å²) in [7, 11) is 0. The molecule has 2 aromatic carbocycles. The fraction of sp³-hybridized carbons (Fsp3) is 0.316. The first-order valence-electron chi connectivity index (χ1n) is 7.71. The first-order chi connectivity index (χ1) is 10.9. The molecule has 0 bridgehead atoms. The largest absolute Gasteiger partial charge is 0.325 e. The van der Waals surface area contributed by atoms with Gasteiger partial charge in [-0.1, -0.05) is 62.7 Å². The number of rotatable bonds is 5. The summed E-state index contributed by atoms with van der Waals surface area (Å²) in [6.07, 6.45) is 0. The van der Waals surface area contributed by atoms with E-state index in [2.05, 4.69) is 37.5 Å². The Hall–Kier alpha value is -1.84. The highest BCUT2D eigenvalue weighted by molar-refractivity contribution is 6.30. The van der Waals surface area contributed by atoms with Crippen molar-refractivity contribution in [2.75, 3.05) is 11.9 Å². The van der Waals surface area contributed by atoms with Crippen molar-refractivity contribution in [1.29, 1.82) is 0 Å². The van der Waals surface area contributed by atoms with Crippen molar-refractivity contribution < 1.29 is 4.79 Å². The number of carbonyl (C=O) groups is 1. The smallest absolute Gasteiger partial charge is 0.238 e. The van der Waals surface area contributed by atoms with Gasteiger partial charge in [0.2, 0.25) is 5.91 Å². The number of nitrogens with one attached hydrogen (secondary N) is 2. The molecule has 3 nitrogen and oxygen atoms in total. The molecule has 0 saturated carbocycles. The van der Waals surface area contributed by atoms with E-state index in [4.69, 9.17) is 11.6 Å². The van der Waals surface area contributed by atoms with Gasteiger partial charge in [0.15, 0.2) is 0 Å². The zero-order chi connectivity index (χ0) is 16.9. The number of halogens is 1. The molecule has 1 amide bonds. The molecule has 0 heterocycles. The topological polar surface area (TPSA) is 41.1 Å². The molecule has 122 valence electrons. The summed E-state index contributed by atoms with van der Waals surface area (Å²) in [4.78, 5) is 12.1. The Labute approximate surface area is 143 Å². The van der Waals surface area contributed by atoms with Crippen LogP contribution in [-0.2, 0) is 16.8 Å². The lowest BCUT2D eigenvalue weighted by Crippen LogP contribution is -2.28. The summed E-state index contributed by atoms with van der Waals surface area (Å²) < 4.78 is 0. The minimum absolute atomic E-state index is 0.0133. The van der Waals surface area contributed by atoms with Crippen molar-refractivity contribution in [1.82, 2.24) is 5.32 Å². The molecule has 0 aliphatic carbocycles. The third-order valence-corrected chi connectivity index (χ3v) is 3.79. The van der Waals surface area contributed by atoms with Gasteiger partial charge < -0.3 is 10.6 Å². The Kier molecular flexibility index (Phi) is 5.80. The van der Waals surface area contributed by atoms with E-state index in [1.54, 1.807) is 0 Å². The number of benzene rings is 2. The molecule has 0 radical (unpaired) electrons. The predicted octanol–water partition coefficient (Wildman–Crippen LogP) is 4.37. The fourth-order valence-electron chi connectivity index (χ4n) is 2.36. The van der Waals surface area contributed by atoms with E-state index in [-0.39, 0.29) is 17.9 Å². The summed E-state index contributed by atoms with van der Waals surface area (Å²) in [6, 6.07) is 15.5. The van der Waals surface area contributed by atoms with Crippen LogP contribution in [-0.4, -0.2) is 12.5 Å². The molecule has 2 rings (SSSR count). The molecule has 0 unspecified atom stereocenters. The van der Waals surface area contributed by atoms with Gasteiger partial charge in [0.05, 0.1) is 6.54 Å². The zero-order valence-corrected chi connectivity index (χ0v) is 14.6. The van der Waals surface area contributed by atoms with Crippen LogP contribution in [0.5, 0.6) is 0 Å². The molecule has 0 atom stereocenters.